The smallest absolute Gasteiger partial charge is 0.350 e. The van der Waals surface area contributed by atoms with Crippen LogP contribution in [0.1, 0.15) is 6.42 Å². The lowest BCUT2D eigenvalue weighted by molar-refractivity contribution is -0.658. The number of aryl methyl sites for hydroxylation is 1. The highest BCUT2D eigenvalue weighted by Crippen LogP contribution is 2.26. The summed E-state index contributed by atoms with van der Waals surface area (Å²) < 4.78 is 1.91. The Morgan fingerprint density at radius 3 is 2.68 bits per heavy atom. The predicted octanol–water partition coefficient (Wildman–Crippen LogP) is 2.94. The Balaban J connectivity index is 2.18. The molecule has 0 aliphatic heterocycles. The number of alkyl halides is 1. The van der Waals surface area contributed by atoms with Crippen LogP contribution in [0, 0.1) is 0 Å². The van der Waals surface area contributed by atoms with Crippen LogP contribution in [0.3, 0.4) is 0 Å². The number of nitrogens with zero attached hydrogens (tertiary/aromatic N) is 4. The Bertz CT molecular complexity index is 546. The second kappa shape index (κ2) is 5.97. The van der Waals surface area contributed by atoms with Crippen molar-refractivity contribution in [3.05, 3.63) is 47.9 Å². The number of azo groups is 1. The summed E-state index contributed by atoms with van der Waals surface area (Å²) in [4.78, 5) is 2.07. The van der Waals surface area contributed by atoms with Crippen LogP contribution in [0.4, 0.5) is 5.82 Å². The van der Waals surface area contributed by atoms with Gasteiger partial charge in [-0.3, -0.25) is 0 Å². The van der Waals surface area contributed by atoms with Gasteiger partial charge in [-0.2, -0.15) is 0 Å². The molecule has 0 radical (unpaired) electrons. The lowest BCUT2D eigenvalue weighted by Crippen LogP contribution is -2.26. The molecule has 4 nitrogen and oxygen atoms in total. The van der Waals surface area contributed by atoms with E-state index in [2.05, 4.69) is 15.1 Å². The van der Waals surface area contributed by atoms with Crippen LogP contribution in [0.2, 0.25) is 0 Å². The van der Waals surface area contributed by atoms with Gasteiger partial charge in [-0.25, -0.2) is 4.57 Å². The van der Waals surface area contributed by atoms with Crippen LogP contribution < -0.4 is 4.57 Å². The third-order valence-corrected chi connectivity index (χ3v) is 3.40. The van der Waals surface area contributed by atoms with E-state index in [1.54, 1.807) is 0 Å². The minimum absolute atomic E-state index is 0.125. The zero-order valence-electron chi connectivity index (χ0n) is 11.4. The molecule has 0 amide bonds. The first-order valence-corrected chi connectivity index (χ1v) is 6.60. The predicted molar refractivity (Wildman–Crippen MR) is 76.2 cm³/mol. The summed E-state index contributed by atoms with van der Waals surface area (Å²) in [6, 6.07) is 5.80. The van der Waals surface area contributed by atoms with E-state index in [0.717, 1.165) is 17.9 Å². The lowest BCUT2D eigenvalue weighted by atomic mass is 10.1. The molecule has 1 aromatic heterocycles. The minimum atomic E-state index is -0.125. The highest BCUT2D eigenvalue weighted by atomic mass is 35.5. The Morgan fingerprint density at radius 2 is 2.05 bits per heavy atom. The molecule has 1 unspecified atom stereocenters. The van der Waals surface area contributed by atoms with E-state index >= 15 is 0 Å². The van der Waals surface area contributed by atoms with Gasteiger partial charge in [-0.15, -0.1) is 11.6 Å². The monoisotopic (exact) mass is 277 g/mol. The molecule has 0 bridgehead atoms. The second-order valence-corrected chi connectivity index (χ2v) is 5.21. The van der Waals surface area contributed by atoms with Gasteiger partial charge >= 0.3 is 5.82 Å². The Hall–Kier alpha value is -1.68. The maximum atomic E-state index is 6.33. The van der Waals surface area contributed by atoms with Crippen molar-refractivity contribution in [1.29, 1.82) is 0 Å². The van der Waals surface area contributed by atoms with Crippen molar-refractivity contribution in [2.24, 2.45) is 17.3 Å². The quantitative estimate of drug-likeness (QED) is 0.475. The van der Waals surface area contributed by atoms with Gasteiger partial charge < -0.3 is 4.90 Å². The minimum Gasteiger partial charge on any atom is -0.381 e. The van der Waals surface area contributed by atoms with Gasteiger partial charge in [-0.05, 0) is 23.3 Å². The fraction of sp³-hybridized carbons (Fsp3) is 0.357. The van der Waals surface area contributed by atoms with E-state index in [0.29, 0.717) is 0 Å². The topological polar surface area (TPSA) is 31.8 Å². The van der Waals surface area contributed by atoms with Gasteiger partial charge in [0.05, 0.1) is 23.7 Å². The molecule has 1 atom stereocenters. The SMILES string of the molecule is CN(C)C1=CC=C(N=Nc2cccc[n+]2C)C(Cl)C1. The summed E-state index contributed by atoms with van der Waals surface area (Å²) in [7, 11) is 5.96. The summed E-state index contributed by atoms with van der Waals surface area (Å²) in [6.45, 7) is 0. The second-order valence-electron chi connectivity index (χ2n) is 4.69. The van der Waals surface area contributed by atoms with Crippen molar-refractivity contribution in [2.45, 2.75) is 11.8 Å². The molecule has 0 saturated heterocycles. The molecule has 0 saturated carbocycles. The molecule has 100 valence electrons. The van der Waals surface area contributed by atoms with E-state index in [4.69, 9.17) is 11.6 Å². The zero-order valence-corrected chi connectivity index (χ0v) is 12.2. The van der Waals surface area contributed by atoms with Crippen molar-refractivity contribution in [3.8, 4) is 0 Å². The van der Waals surface area contributed by atoms with Crippen LogP contribution in [0.25, 0.3) is 0 Å². The number of halogens is 1. The number of hydrogen-bond donors (Lipinski definition) is 0. The molecule has 0 aromatic carbocycles. The van der Waals surface area contributed by atoms with Crippen LogP contribution in [-0.2, 0) is 7.05 Å². The number of rotatable bonds is 3. The molecule has 1 aromatic rings. The van der Waals surface area contributed by atoms with Crippen LogP contribution in [0.5, 0.6) is 0 Å². The summed E-state index contributed by atoms with van der Waals surface area (Å²) in [5, 5.41) is 8.38. The molecule has 0 fully saturated rings. The largest absolute Gasteiger partial charge is 0.381 e. The normalized spacial score (nSPS) is 19.3. The summed E-state index contributed by atoms with van der Waals surface area (Å²) in [5.41, 5.74) is 2.00. The first-order chi connectivity index (χ1) is 9.08. The van der Waals surface area contributed by atoms with Gasteiger partial charge in [0.25, 0.3) is 0 Å². The molecule has 1 aliphatic rings. The summed E-state index contributed by atoms with van der Waals surface area (Å²) in [5.74, 6) is 0.801. The van der Waals surface area contributed by atoms with Crippen LogP contribution >= 0.6 is 11.6 Å². The van der Waals surface area contributed by atoms with Crippen LogP contribution in [-0.4, -0.2) is 24.4 Å². The van der Waals surface area contributed by atoms with Crippen molar-refractivity contribution in [2.75, 3.05) is 14.1 Å². The van der Waals surface area contributed by atoms with E-state index in [-0.39, 0.29) is 5.38 Å². The highest BCUT2D eigenvalue weighted by Gasteiger charge is 2.19. The van der Waals surface area contributed by atoms with E-state index < -0.39 is 0 Å². The average Bonchev–Trinajstić information content (AvgIpc) is 2.39. The van der Waals surface area contributed by atoms with Gasteiger partial charge in [0.2, 0.25) is 0 Å². The van der Waals surface area contributed by atoms with E-state index in [9.17, 15) is 0 Å². The van der Waals surface area contributed by atoms with Gasteiger partial charge in [0.15, 0.2) is 0 Å². The molecule has 1 heterocycles. The lowest BCUT2D eigenvalue weighted by Gasteiger charge is -2.21. The molecule has 19 heavy (non-hydrogen) atoms. The van der Waals surface area contributed by atoms with Crippen LogP contribution in [0.15, 0.2) is 58.2 Å². The van der Waals surface area contributed by atoms with Gasteiger partial charge in [0, 0.05) is 32.3 Å². The summed E-state index contributed by atoms with van der Waals surface area (Å²) in [6.07, 6.45) is 6.69. The van der Waals surface area contributed by atoms with Crippen molar-refractivity contribution >= 4 is 17.4 Å². The number of pyridine rings is 1. The van der Waals surface area contributed by atoms with Crippen molar-refractivity contribution in [3.63, 3.8) is 0 Å². The summed E-state index contributed by atoms with van der Waals surface area (Å²) >= 11 is 6.33. The Kier molecular flexibility index (Phi) is 4.32. The molecular formula is C14H18ClN4+. The Labute approximate surface area is 118 Å². The van der Waals surface area contributed by atoms with E-state index in [1.807, 2.05) is 62.3 Å². The third kappa shape index (κ3) is 3.41. The molecule has 5 heteroatoms. The van der Waals surface area contributed by atoms with Crippen molar-refractivity contribution in [1.82, 2.24) is 4.90 Å². The maximum absolute atomic E-state index is 6.33. The fourth-order valence-corrected chi connectivity index (χ4v) is 2.07. The van der Waals surface area contributed by atoms with Gasteiger partial charge in [-0.1, -0.05) is 6.07 Å². The average molecular weight is 278 g/mol. The maximum Gasteiger partial charge on any atom is 0.350 e. The zero-order chi connectivity index (χ0) is 13.8. The first kappa shape index (κ1) is 13.7. The molecule has 1 aliphatic carbocycles. The molecular weight excluding hydrogens is 260 g/mol. The Morgan fingerprint density at radius 1 is 1.26 bits per heavy atom. The standard InChI is InChI=1S/C14H18ClN4/c1-18(2)11-7-8-13(12(15)10-11)16-17-14-6-4-5-9-19(14)3/h4-9,12H,10H2,1-3H3/q+1. The molecule has 2 rings (SSSR count). The molecule has 0 spiro atoms. The fourth-order valence-electron chi connectivity index (χ4n) is 1.80. The first-order valence-electron chi connectivity index (χ1n) is 6.16. The molecule has 0 N–H and O–H groups in total. The highest BCUT2D eigenvalue weighted by molar-refractivity contribution is 6.22. The number of hydrogen-bond acceptors (Lipinski definition) is 3. The number of allylic oxidation sites excluding steroid dienone is 4. The van der Waals surface area contributed by atoms with Crippen molar-refractivity contribution < 1.29 is 4.57 Å². The van der Waals surface area contributed by atoms with E-state index in [1.165, 1.54) is 5.70 Å². The third-order valence-electron chi connectivity index (χ3n) is 3.03. The van der Waals surface area contributed by atoms with Gasteiger partial charge in [0.1, 0.15) is 5.70 Å². The number of aromatic nitrogens is 1.